The van der Waals surface area contributed by atoms with Crippen molar-refractivity contribution in [2.45, 2.75) is 25.4 Å². The number of anilines is 4. The van der Waals surface area contributed by atoms with Crippen molar-refractivity contribution in [1.29, 1.82) is 0 Å². The van der Waals surface area contributed by atoms with Crippen LogP contribution in [0.1, 0.15) is 13.3 Å². The van der Waals surface area contributed by atoms with E-state index in [9.17, 15) is 4.39 Å². The maximum absolute atomic E-state index is 13.9. The van der Waals surface area contributed by atoms with E-state index in [0.717, 1.165) is 12.1 Å². The van der Waals surface area contributed by atoms with Gasteiger partial charge in [-0.1, -0.05) is 24.6 Å². The molecule has 0 saturated carbocycles. The summed E-state index contributed by atoms with van der Waals surface area (Å²) in [6.45, 7) is 4.01. The van der Waals surface area contributed by atoms with Crippen LogP contribution in [-0.4, -0.2) is 51.2 Å². The van der Waals surface area contributed by atoms with Gasteiger partial charge >= 0.3 is 0 Å². The van der Waals surface area contributed by atoms with Gasteiger partial charge in [0.1, 0.15) is 12.1 Å². The Balaban J connectivity index is 1.45. The number of hydrogen-bond acceptors (Lipinski definition) is 8. The summed E-state index contributed by atoms with van der Waals surface area (Å²) >= 11 is 6.03. The summed E-state index contributed by atoms with van der Waals surface area (Å²) in [5, 5.41) is 7.49. The van der Waals surface area contributed by atoms with E-state index in [1.807, 2.05) is 17.0 Å². The highest BCUT2D eigenvalue weighted by Crippen LogP contribution is 2.28. The smallest absolute Gasteiger partial charge is 0.229 e. The molecule has 0 bridgehead atoms. The van der Waals surface area contributed by atoms with Crippen LogP contribution >= 0.6 is 11.6 Å². The highest BCUT2D eigenvalue weighted by Gasteiger charge is 2.27. The Labute approximate surface area is 207 Å². The van der Waals surface area contributed by atoms with E-state index in [0.29, 0.717) is 59.0 Å². The Morgan fingerprint density at radius 2 is 2.03 bits per heavy atom. The summed E-state index contributed by atoms with van der Waals surface area (Å²) in [4.78, 5) is 16.1. The first kappa shape index (κ1) is 23.1. The molecule has 182 valence electrons. The zero-order chi connectivity index (χ0) is 24.5. The molecule has 1 aliphatic heterocycles. The molecule has 35 heavy (non-hydrogen) atoms. The molecule has 1 atom stereocenters. The normalized spacial score (nSPS) is 14.7. The molecular formula is C24H27ClFN9. The summed E-state index contributed by atoms with van der Waals surface area (Å²) in [6.07, 6.45) is 2.48. The number of nitrogens with two attached hydrogens (primary N) is 2. The van der Waals surface area contributed by atoms with Gasteiger partial charge in [0.2, 0.25) is 5.95 Å². The van der Waals surface area contributed by atoms with Gasteiger partial charge in [0.25, 0.3) is 0 Å². The SMILES string of the molecule is CCC(CNc1nc(N2CC(N)C2)nc2c1ncn2-c1cccc(F)c1)Nc1ccc(Cl)cc1N. The predicted octanol–water partition coefficient (Wildman–Crippen LogP) is 3.64. The van der Waals surface area contributed by atoms with E-state index in [1.54, 1.807) is 29.1 Å². The van der Waals surface area contributed by atoms with E-state index >= 15 is 0 Å². The minimum atomic E-state index is -0.330. The molecule has 0 amide bonds. The summed E-state index contributed by atoms with van der Waals surface area (Å²) in [6, 6.07) is 11.9. The van der Waals surface area contributed by atoms with Crippen molar-refractivity contribution >= 4 is 45.9 Å². The molecule has 9 nitrogen and oxygen atoms in total. The van der Waals surface area contributed by atoms with Gasteiger partial charge in [0.15, 0.2) is 17.0 Å². The largest absolute Gasteiger partial charge is 0.397 e. The van der Waals surface area contributed by atoms with Crippen LogP contribution in [0.15, 0.2) is 48.8 Å². The Hall–Kier alpha value is -3.63. The topological polar surface area (TPSA) is 123 Å². The Bertz CT molecular complexity index is 1350. The van der Waals surface area contributed by atoms with Gasteiger partial charge in [-0.25, -0.2) is 9.37 Å². The van der Waals surface area contributed by atoms with E-state index in [2.05, 4.69) is 22.5 Å². The highest BCUT2D eigenvalue weighted by atomic mass is 35.5. The Morgan fingerprint density at radius 1 is 1.20 bits per heavy atom. The van der Waals surface area contributed by atoms with Crippen molar-refractivity contribution in [3.05, 3.63) is 59.6 Å². The van der Waals surface area contributed by atoms with Gasteiger partial charge < -0.3 is 27.0 Å². The van der Waals surface area contributed by atoms with Gasteiger partial charge in [-0.2, -0.15) is 9.97 Å². The van der Waals surface area contributed by atoms with Crippen molar-refractivity contribution in [3.63, 3.8) is 0 Å². The molecule has 6 N–H and O–H groups in total. The Morgan fingerprint density at radius 3 is 2.74 bits per heavy atom. The third-order valence-corrected chi connectivity index (χ3v) is 6.28. The van der Waals surface area contributed by atoms with Crippen molar-refractivity contribution in [3.8, 4) is 5.69 Å². The van der Waals surface area contributed by atoms with Crippen LogP contribution in [0, 0.1) is 5.82 Å². The standard InChI is InChI=1S/C24H27ClFN9/c1-2-17(31-20-7-6-14(25)8-19(20)28)10-29-22-21-23(33-24(32-22)34-11-16(27)12-34)35(13-30-21)18-5-3-4-15(26)9-18/h3-9,13,16-17,31H,2,10-12,27-28H2,1H3,(H,29,32,33). The molecule has 1 unspecified atom stereocenters. The van der Waals surface area contributed by atoms with Crippen LogP contribution in [0.5, 0.6) is 0 Å². The van der Waals surface area contributed by atoms with Crippen molar-refractivity contribution < 1.29 is 4.39 Å². The van der Waals surface area contributed by atoms with E-state index in [4.69, 9.17) is 33.0 Å². The fourth-order valence-electron chi connectivity index (χ4n) is 4.05. The minimum Gasteiger partial charge on any atom is -0.397 e. The van der Waals surface area contributed by atoms with Crippen LogP contribution < -0.4 is 27.0 Å². The zero-order valence-corrected chi connectivity index (χ0v) is 20.0. The molecule has 2 aromatic heterocycles. The average molecular weight is 496 g/mol. The van der Waals surface area contributed by atoms with Gasteiger partial charge in [0, 0.05) is 36.7 Å². The number of nitrogens with zero attached hydrogens (tertiary/aromatic N) is 5. The fraction of sp³-hybridized carbons (Fsp3) is 0.292. The van der Waals surface area contributed by atoms with Crippen LogP contribution in [-0.2, 0) is 0 Å². The van der Waals surface area contributed by atoms with Crippen molar-refractivity contribution in [2.75, 3.05) is 40.9 Å². The van der Waals surface area contributed by atoms with Gasteiger partial charge in [0.05, 0.1) is 17.1 Å². The highest BCUT2D eigenvalue weighted by molar-refractivity contribution is 6.31. The van der Waals surface area contributed by atoms with Crippen LogP contribution in [0.3, 0.4) is 0 Å². The van der Waals surface area contributed by atoms with Crippen molar-refractivity contribution in [1.82, 2.24) is 19.5 Å². The van der Waals surface area contributed by atoms with Crippen LogP contribution in [0.25, 0.3) is 16.9 Å². The molecule has 0 aliphatic carbocycles. The molecule has 3 heterocycles. The number of nitrogen functional groups attached to an aromatic ring is 1. The zero-order valence-electron chi connectivity index (χ0n) is 19.2. The van der Waals surface area contributed by atoms with E-state index in [1.165, 1.54) is 12.1 Å². The molecule has 1 aliphatic rings. The number of hydrogen-bond donors (Lipinski definition) is 4. The molecule has 2 aromatic carbocycles. The lowest BCUT2D eigenvalue weighted by Gasteiger charge is -2.36. The summed E-state index contributed by atoms with van der Waals surface area (Å²) < 4.78 is 15.7. The fourth-order valence-corrected chi connectivity index (χ4v) is 4.23. The Kier molecular flexibility index (Phi) is 6.31. The van der Waals surface area contributed by atoms with E-state index < -0.39 is 0 Å². The maximum atomic E-state index is 13.9. The molecule has 0 radical (unpaired) electrons. The number of benzene rings is 2. The third-order valence-electron chi connectivity index (χ3n) is 6.05. The summed E-state index contributed by atoms with van der Waals surface area (Å²) in [7, 11) is 0. The van der Waals surface area contributed by atoms with E-state index in [-0.39, 0.29) is 17.9 Å². The molecule has 5 rings (SSSR count). The predicted molar refractivity (Wildman–Crippen MR) is 139 cm³/mol. The molecule has 11 heteroatoms. The number of halogens is 2. The average Bonchev–Trinajstić information content (AvgIpc) is 3.25. The second-order valence-electron chi connectivity index (χ2n) is 8.67. The number of fused-ring (bicyclic) bond motifs is 1. The first-order valence-electron chi connectivity index (χ1n) is 11.5. The first-order valence-corrected chi connectivity index (χ1v) is 11.9. The molecule has 1 saturated heterocycles. The molecule has 4 aromatic rings. The maximum Gasteiger partial charge on any atom is 0.229 e. The molecule has 1 fully saturated rings. The van der Waals surface area contributed by atoms with Gasteiger partial charge in [-0.05, 0) is 42.8 Å². The lowest BCUT2D eigenvalue weighted by atomic mass is 10.1. The molecular weight excluding hydrogens is 469 g/mol. The first-order chi connectivity index (χ1) is 16.9. The van der Waals surface area contributed by atoms with Gasteiger partial charge in [-0.3, -0.25) is 4.57 Å². The number of rotatable bonds is 8. The monoisotopic (exact) mass is 495 g/mol. The second kappa shape index (κ2) is 9.55. The van der Waals surface area contributed by atoms with Crippen LogP contribution in [0.4, 0.5) is 27.5 Å². The number of nitrogens with one attached hydrogen (secondary N) is 2. The van der Waals surface area contributed by atoms with Crippen LogP contribution in [0.2, 0.25) is 5.02 Å². The van der Waals surface area contributed by atoms with Crippen molar-refractivity contribution in [2.24, 2.45) is 5.73 Å². The lowest BCUT2D eigenvalue weighted by Crippen LogP contribution is -2.56. The minimum absolute atomic E-state index is 0.0645. The second-order valence-corrected chi connectivity index (χ2v) is 9.10. The summed E-state index contributed by atoms with van der Waals surface area (Å²) in [5.74, 6) is 0.830. The summed E-state index contributed by atoms with van der Waals surface area (Å²) in [5.41, 5.74) is 15.3. The quantitative estimate of drug-likeness (QED) is 0.273. The van der Waals surface area contributed by atoms with Gasteiger partial charge in [-0.15, -0.1) is 0 Å². The third kappa shape index (κ3) is 4.80. The number of imidazole rings is 1. The lowest BCUT2D eigenvalue weighted by molar-refractivity contribution is 0.509. The molecule has 0 spiro atoms. The number of aromatic nitrogens is 4.